The highest BCUT2D eigenvalue weighted by Crippen LogP contribution is 2.17. The third-order valence-corrected chi connectivity index (χ3v) is 1.90. The Kier molecular flexibility index (Phi) is 2.78. The van der Waals surface area contributed by atoms with Gasteiger partial charge in [-0.15, -0.1) is 0 Å². The monoisotopic (exact) mass is 169 g/mol. The quantitative estimate of drug-likeness (QED) is 0.665. The van der Waals surface area contributed by atoms with Crippen molar-refractivity contribution in [3.8, 4) is 0 Å². The minimum Gasteiger partial charge on any atom is -0.316 e. The molecule has 0 bridgehead atoms. The van der Waals surface area contributed by atoms with Crippen molar-refractivity contribution in [3.63, 3.8) is 0 Å². The van der Waals surface area contributed by atoms with Gasteiger partial charge in [0.25, 0.3) is 0 Å². The van der Waals surface area contributed by atoms with Crippen LogP contribution in [0.3, 0.4) is 0 Å². The third kappa shape index (κ3) is 1.81. The molecule has 2 N–H and O–H groups in total. The Bertz CT molecular complexity index is 275. The molecule has 0 aliphatic carbocycles. The Labute approximate surface area is 71.0 Å². The fourth-order valence-corrected chi connectivity index (χ4v) is 1.15. The number of benzene rings is 1. The molecule has 0 aliphatic rings. The lowest BCUT2D eigenvalue weighted by atomic mass is 10.0. The van der Waals surface area contributed by atoms with Gasteiger partial charge in [0.05, 0.1) is 6.04 Å². The molecule has 0 aromatic heterocycles. The molecule has 1 aromatic carbocycles. The van der Waals surface area contributed by atoms with Crippen LogP contribution >= 0.6 is 0 Å². The highest BCUT2D eigenvalue weighted by Gasteiger charge is 2.07. The van der Waals surface area contributed by atoms with E-state index in [1.54, 1.807) is 13.0 Å². The Balaban J connectivity index is 3.04. The van der Waals surface area contributed by atoms with Gasteiger partial charge in [-0.25, -0.2) is 4.39 Å². The van der Waals surface area contributed by atoms with Gasteiger partial charge in [0, 0.05) is 0 Å². The first kappa shape index (κ1) is 9.16. The maximum atomic E-state index is 12.7. The van der Waals surface area contributed by atoms with Crippen LogP contribution in [-0.2, 0) is 0 Å². The predicted octanol–water partition coefficient (Wildman–Crippen LogP) is 2.17. The zero-order valence-electron chi connectivity index (χ0n) is 7.13. The minimum absolute atomic E-state index is 0.235. The van der Waals surface area contributed by atoms with Crippen molar-refractivity contribution in [3.05, 3.63) is 35.1 Å². The highest BCUT2D eigenvalue weighted by atomic mass is 19.1. The van der Waals surface area contributed by atoms with Gasteiger partial charge in [-0.3, -0.25) is 0 Å². The molecule has 0 unspecified atom stereocenters. The lowest BCUT2D eigenvalue weighted by molar-refractivity contribution is 0.133. The summed E-state index contributed by atoms with van der Waals surface area (Å²) in [6, 6.07) is 4.28. The number of hydroxylamine groups is 1. The molecule has 0 aliphatic heterocycles. The molecular weight excluding hydrogens is 157 g/mol. The van der Waals surface area contributed by atoms with Crippen LogP contribution in [0.25, 0.3) is 0 Å². The van der Waals surface area contributed by atoms with Crippen molar-refractivity contribution >= 4 is 0 Å². The summed E-state index contributed by atoms with van der Waals surface area (Å²) in [7, 11) is 0. The molecule has 3 heteroatoms. The molecule has 0 radical (unpaired) electrons. The number of nitrogens with one attached hydrogen (secondary N) is 1. The number of hydrogen-bond acceptors (Lipinski definition) is 2. The lowest BCUT2D eigenvalue weighted by Gasteiger charge is -2.12. The molecule has 1 rings (SSSR count). The van der Waals surface area contributed by atoms with E-state index in [0.717, 1.165) is 11.1 Å². The average molecular weight is 169 g/mol. The van der Waals surface area contributed by atoms with Gasteiger partial charge in [-0.05, 0) is 37.1 Å². The van der Waals surface area contributed by atoms with Crippen molar-refractivity contribution in [1.29, 1.82) is 0 Å². The summed E-state index contributed by atoms with van der Waals surface area (Å²) < 4.78 is 12.7. The lowest BCUT2D eigenvalue weighted by Crippen LogP contribution is -2.14. The normalized spacial score (nSPS) is 13.0. The summed E-state index contributed by atoms with van der Waals surface area (Å²) in [5.74, 6) is -0.280. The first-order chi connectivity index (χ1) is 5.65. The molecule has 1 atom stereocenters. The van der Waals surface area contributed by atoms with Crippen LogP contribution in [0.15, 0.2) is 18.2 Å². The summed E-state index contributed by atoms with van der Waals surface area (Å²) >= 11 is 0. The summed E-state index contributed by atoms with van der Waals surface area (Å²) in [5, 5.41) is 8.63. The molecule has 0 amide bonds. The first-order valence-electron chi connectivity index (χ1n) is 3.81. The largest absolute Gasteiger partial charge is 0.316 e. The van der Waals surface area contributed by atoms with E-state index in [1.807, 2.05) is 6.92 Å². The molecule has 66 valence electrons. The summed E-state index contributed by atoms with van der Waals surface area (Å²) in [6.07, 6.45) is 0. The van der Waals surface area contributed by atoms with Crippen molar-refractivity contribution in [2.45, 2.75) is 19.9 Å². The molecule has 0 saturated heterocycles. The van der Waals surface area contributed by atoms with Crippen LogP contribution < -0.4 is 5.48 Å². The van der Waals surface area contributed by atoms with Crippen LogP contribution in [0.2, 0.25) is 0 Å². The van der Waals surface area contributed by atoms with Crippen molar-refractivity contribution in [2.24, 2.45) is 0 Å². The Morgan fingerprint density at radius 2 is 2.17 bits per heavy atom. The van der Waals surface area contributed by atoms with Crippen LogP contribution in [0, 0.1) is 12.7 Å². The van der Waals surface area contributed by atoms with E-state index in [2.05, 4.69) is 5.48 Å². The van der Waals surface area contributed by atoms with E-state index >= 15 is 0 Å². The molecule has 0 fully saturated rings. The van der Waals surface area contributed by atoms with Gasteiger partial charge in [-0.2, -0.15) is 5.48 Å². The number of aryl methyl sites for hydroxylation is 1. The minimum atomic E-state index is -0.280. The van der Waals surface area contributed by atoms with Crippen molar-refractivity contribution < 1.29 is 9.60 Å². The van der Waals surface area contributed by atoms with E-state index in [-0.39, 0.29) is 11.9 Å². The Morgan fingerprint density at radius 1 is 1.50 bits per heavy atom. The molecule has 1 aromatic rings. The van der Waals surface area contributed by atoms with Gasteiger partial charge in [0.2, 0.25) is 0 Å². The number of halogens is 1. The molecule has 2 nitrogen and oxygen atoms in total. The molecule has 0 saturated carbocycles. The number of rotatable bonds is 2. The first-order valence-corrected chi connectivity index (χ1v) is 3.81. The van der Waals surface area contributed by atoms with Gasteiger partial charge in [0.15, 0.2) is 0 Å². The molecule has 0 spiro atoms. The predicted molar refractivity (Wildman–Crippen MR) is 44.5 cm³/mol. The third-order valence-electron chi connectivity index (χ3n) is 1.90. The van der Waals surface area contributed by atoms with Crippen LogP contribution in [-0.4, -0.2) is 5.21 Å². The van der Waals surface area contributed by atoms with Crippen molar-refractivity contribution in [2.75, 3.05) is 0 Å². The Hall–Kier alpha value is -0.930. The second kappa shape index (κ2) is 3.65. The van der Waals surface area contributed by atoms with Gasteiger partial charge < -0.3 is 5.21 Å². The van der Waals surface area contributed by atoms with Gasteiger partial charge in [0.1, 0.15) is 5.82 Å². The van der Waals surface area contributed by atoms with E-state index in [0.29, 0.717) is 0 Å². The fraction of sp³-hybridized carbons (Fsp3) is 0.333. The summed E-state index contributed by atoms with van der Waals surface area (Å²) in [5.41, 5.74) is 3.82. The van der Waals surface area contributed by atoms with Crippen LogP contribution in [0.5, 0.6) is 0 Å². The Morgan fingerprint density at radius 3 is 2.75 bits per heavy atom. The van der Waals surface area contributed by atoms with Crippen LogP contribution in [0.1, 0.15) is 24.1 Å². The highest BCUT2D eigenvalue weighted by molar-refractivity contribution is 5.28. The average Bonchev–Trinajstić information content (AvgIpc) is 2.08. The smallest absolute Gasteiger partial charge is 0.123 e. The zero-order valence-corrected chi connectivity index (χ0v) is 7.13. The van der Waals surface area contributed by atoms with E-state index < -0.39 is 0 Å². The second-order valence-corrected chi connectivity index (χ2v) is 2.85. The second-order valence-electron chi connectivity index (χ2n) is 2.85. The molecule has 12 heavy (non-hydrogen) atoms. The maximum absolute atomic E-state index is 12.7. The maximum Gasteiger partial charge on any atom is 0.123 e. The van der Waals surface area contributed by atoms with Crippen LogP contribution in [0.4, 0.5) is 4.39 Å². The molecular formula is C9H12FNO. The summed E-state index contributed by atoms with van der Waals surface area (Å²) in [6.45, 7) is 3.64. The van der Waals surface area contributed by atoms with E-state index in [9.17, 15) is 4.39 Å². The van der Waals surface area contributed by atoms with E-state index in [1.165, 1.54) is 12.1 Å². The standard InChI is InChI=1S/C9H12FNO/c1-6-3-4-8(10)5-9(6)7(2)11-12/h3-5,7,11-12H,1-2H3/t7-/m1/s1. The number of hydrogen-bond donors (Lipinski definition) is 2. The SMILES string of the molecule is Cc1ccc(F)cc1[C@@H](C)NO. The van der Waals surface area contributed by atoms with E-state index in [4.69, 9.17) is 5.21 Å². The zero-order chi connectivity index (χ0) is 9.14. The fourth-order valence-electron chi connectivity index (χ4n) is 1.15. The van der Waals surface area contributed by atoms with Gasteiger partial charge in [-0.1, -0.05) is 6.07 Å². The van der Waals surface area contributed by atoms with Crippen molar-refractivity contribution in [1.82, 2.24) is 5.48 Å². The topological polar surface area (TPSA) is 32.3 Å². The molecule has 0 heterocycles. The summed E-state index contributed by atoms with van der Waals surface area (Å²) in [4.78, 5) is 0. The van der Waals surface area contributed by atoms with Gasteiger partial charge >= 0.3 is 0 Å².